The summed E-state index contributed by atoms with van der Waals surface area (Å²) in [5.74, 6) is 0.263. The first kappa shape index (κ1) is 18.1. The lowest BCUT2D eigenvalue weighted by atomic mass is 10.0. The molecule has 142 valence electrons. The number of fused-ring (bicyclic) bond motifs is 1. The highest BCUT2D eigenvalue weighted by molar-refractivity contribution is 5.67. The zero-order valence-corrected chi connectivity index (χ0v) is 16.1. The van der Waals surface area contributed by atoms with Crippen molar-refractivity contribution in [2.75, 3.05) is 26.2 Å². The number of imidazole rings is 1. The Bertz CT molecular complexity index is 906. The van der Waals surface area contributed by atoms with Crippen LogP contribution in [0.1, 0.15) is 37.4 Å². The number of rotatable bonds is 4. The lowest BCUT2D eigenvalue weighted by Crippen LogP contribution is -2.28. The molecule has 4 rings (SSSR count). The summed E-state index contributed by atoms with van der Waals surface area (Å²) in [5.41, 5.74) is 5.21. The third kappa shape index (κ3) is 3.89. The molecule has 0 aliphatic carbocycles. The molecule has 1 aliphatic heterocycles. The van der Waals surface area contributed by atoms with Gasteiger partial charge in [-0.25, -0.2) is 9.37 Å². The van der Waals surface area contributed by atoms with E-state index in [2.05, 4.69) is 48.3 Å². The summed E-state index contributed by atoms with van der Waals surface area (Å²) in [6.07, 6.45) is 2.68. The monoisotopic (exact) mass is 366 g/mol. The topological polar surface area (TPSA) is 32.6 Å². The van der Waals surface area contributed by atoms with Gasteiger partial charge in [0.2, 0.25) is 0 Å². The van der Waals surface area contributed by atoms with Crippen LogP contribution < -0.4 is 5.32 Å². The number of aromatic nitrogens is 2. The first-order chi connectivity index (χ1) is 13.1. The Morgan fingerprint density at radius 2 is 1.89 bits per heavy atom. The SMILES string of the molecule is CC(C)c1ccc(-c2nc3ccc(F)cn3c2CN2CCCNCC2)cc1. The summed E-state index contributed by atoms with van der Waals surface area (Å²) in [5, 5.41) is 3.44. The van der Waals surface area contributed by atoms with Gasteiger partial charge < -0.3 is 5.32 Å². The Balaban J connectivity index is 1.76. The Morgan fingerprint density at radius 1 is 1.07 bits per heavy atom. The predicted octanol–water partition coefficient (Wildman–Crippen LogP) is 4.06. The zero-order valence-electron chi connectivity index (χ0n) is 16.1. The largest absolute Gasteiger partial charge is 0.315 e. The van der Waals surface area contributed by atoms with Gasteiger partial charge in [-0.3, -0.25) is 9.30 Å². The summed E-state index contributed by atoms with van der Waals surface area (Å²) >= 11 is 0. The normalized spacial score (nSPS) is 16.1. The highest BCUT2D eigenvalue weighted by atomic mass is 19.1. The van der Waals surface area contributed by atoms with Crippen molar-refractivity contribution in [1.29, 1.82) is 0 Å². The van der Waals surface area contributed by atoms with Gasteiger partial charge in [-0.05, 0) is 43.1 Å². The molecule has 27 heavy (non-hydrogen) atoms. The van der Waals surface area contributed by atoms with E-state index in [-0.39, 0.29) is 5.82 Å². The lowest BCUT2D eigenvalue weighted by Gasteiger charge is -2.20. The standard InChI is InChI=1S/C22H27FN4/c1-16(2)17-4-6-18(7-5-17)22-20(15-26-12-3-10-24-11-13-26)27-14-19(23)8-9-21(27)25-22/h4-9,14,16,24H,3,10-13,15H2,1-2H3. The molecule has 0 bridgehead atoms. The molecule has 0 saturated carbocycles. The fraction of sp³-hybridized carbons (Fsp3) is 0.409. The summed E-state index contributed by atoms with van der Waals surface area (Å²) in [6.45, 7) is 9.25. The fourth-order valence-electron chi connectivity index (χ4n) is 3.75. The molecule has 0 unspecified atom stereocenters. The van der Waals surface area contributed by atoms with Crippen LogP contribution in [0.4, 0.5) is 4.39 Å². The molecule has 4 nitrogen and oxygen atoms in total. The molecule has 5 heteroatoms. The molecule has 0 radical (unpaired) electrons. The number of halogens is 1. The van der Waals surface area contributed by atoms with Gasteiger partial charge in [0.15, 0.2) is 0 Å². The Morgan fingerprint density at radius 3 is 2.67 bits per heavy atom. The molecule has 3 aromatic rings. The van der Waals surface area contributed by atoms with Crippen molar-refractivity contribution in [3.63, 3.8) is 0 Å². The Kier molecular flexibility index (Phi) is 5.23. The Labute approximate surface area is 160 Å². The van der Waals surface area contributed by atoms with Crippen LogP contribution in [0.15, 0.2) is 42.6 Å². The molecule has 1 aliphatic rings. The average Bonchev–Trinajstić information content (AvgIpc) is 2.83. The fourth-order valence-corrected chi connectivity index (χ4v) is 3.75. The molecule has 3 heterocycles. The van der Waals surface area contributed by atoms with Crippen LogP contribution in [0.25, 0.3) is 16.9 Å². The molecular formula is C22H27FN4. The summed E-state index contributed by atoms with van der Waals surface area (Å²) in [4.78, 5) is 7.27. The van der Waals surface area contributed by atoms with Crippen LogP contribution in [0.3, 0.4) is 0 Å². The molecule has 1 fully saturated rings. The van der Waals surface area contributed by atoms with E-state index in [9.17, 15) is 4.39 Å². The zero-order chi connectivity index (χ0) is 18.8. The molecule has 0 atom stereocenters. The number of pyridine rings is 1. The van der Waals surface area contributed by atoms with Crippen molar-refractivity contribution >= 4 is 5.65 Å². The molecule has 0 amide bonds. The van der Waals surface area contributed by atoms with E-state index in [1.165, 1.54) is 11.6 Å². The minimum Gasteiger partial charge on any atom is -0.315 e. The third-order valence-electron chi connectivity index (χ3n) is 5.34. The van der Waals surface area contributed by atoms with Crippen LogP contribution in [0.5, 0.6) is 0 Å². The van der Waals surface area contributed by atoms with Gasteiger partial charge in [-0.2, -0.15) is 0 Å². The minimum absolute atomic E-state index is 0.236. The van der Waals surface area contributed by atoms with Gasteiger partial charge in [0.05, 0.1) is 11.4 Å². The van der Waals surface area contributed by atoms with Crippen LogP contribution in [0, 0.1) is 5.82 Å². The average molecular weight is 366 g/mol. The van der Waals surface area contributed by atoms with Crippen molar-refractivity contribution in [2.24, 2.45) is 0 Å². The number of hydrogen-bond donors (Lipinski definition) is 1. The van der Waals surface area contributed by atoms with E-state index in [1.54, 1.807) is 12.3 Å². The van der Waals surface area contributed by atoms with Gasteiger partial charge in [-0.1, -0.05) is 38.1 Å². The highest BCUT2D eigenvalue weighted by Crippen LogP contribution is 2.28. The second-order valence-corrected chi connectivity index (χ2v) is 7.64. The summed E-state index contributed by atoms with van der Waals surface area (Å²) < 4.78 is 15.9. The third-order valence-corrected chi connectivity index (χ3v) is 5.34. The van der Waals surface area contributed by atoms with Crippen LogP contribution in [-0.4, -0.2) is 40.5 Å². The molecule has 2 aromatic heterocycles. The van der Waals surface area contributed by atoms with E-state index < -0.39 is 0 Å². The predicted molar refractivity (Wildman–Crippen MR) is 107 cm³/mol. The second kappa shape index (κ2) is 7.79. The molecule has 1 aromatic carbocycles. The number of nitrogens with zero attached hydrogens (tertiary/aromatic N) is 3. The highest BCUT2D eigenvalue weighted by Gasteiger charge is 2.18. The maximum absolute atomic E-state index is 13.9. The van der Waals surface area contributed by atoms with Gasteiger partial charge in [0.25, 0.3) is 0 Å². The van der Waals surface area contributed by atoms with Crippen molar-refractivity contribution in [3.05, 3.63) is 59.7 Å². The van der Waals surface area contributed by atoms with Crippen LogP contribution >= 0.6 is 0 Å². The Hall–Kier alpha value is -2.24. The molecular weight excluding hydrogens is 339 g/mol. The van der Waals surface area contributed by atoms with Crippen LogP contribution in [0.2, 0.25) is 0 Å². The van der Waals surface area contributed by atoms with E-state index in [1.807, 2.05) is 4.40 Å². The van der Waals surface area contributed by atoms with E-state index >= 15 is 0 Å². The summed E-state index contributed by atoms with van der Waals surface area (Å²) in [7, 11) is 0. The lowest BCUT2D eigenvalue weighted by molar-refractivity contribution is 0.280. The van der Waals surface area contributed by atoms with Gasteiger partial charge >= 0.3 is 0 Å². The maximum atomic E-state index is 13.9. The first-order valence-electron chi connectivity index (χ1n) is 9.82. The smallest absolute Gasteiger partial charge is 0.139 e. The quantitative estimate of drug-likeness (QED) is 0.756. The number of hydrogen-bond acceptors (Lipinski definition) is 3. The summed E-state index contributed by atoms with van der Waals surface area (Å²) in [6, 6.07) is 11.9. The molecule has 1 N–H and O–H groups in total. The number of nitrogens with one attached hydrogen (secondary N) is 1. The van der Waals surface area contributed by atoms with Crippen LogP contribution in [-0.2, 0) is 6.54 Å². The van der Waals surface area contributed by atoms with Gasteiger partial charge in [0.1, 0.15) is 11.5 Å². The van der Waals surface area contributed by atoms with Crippen molar-refractivity contribution in [2.45, 2.75) is 32.7 Å². The van der Waals surface area contributed by atoms with E-state index in [0.29, 0.717) is 5.92 Å². The van der Waals surface area contributed by atoms with Crippen molar-refractivity contribution in [3.8, 4) is 11.3 Å². The van der Waals surface area contributed by atoms with Gasteiger partial charge in [0, 0.05) is 31.4 Å². The molecule has 1 saturated heterocycles. The minimum atomic E-state index is -0.236. The second-order valence-electron chi connectivity index (χ2n) is 7.64. The molecule has 0 spiro atoms. The maximum Gasteiger partial charge on any atom is 0.139 e. The van der Waals surface area contributed by atoms with E-state index in [0.717, 1.165) is 61.7 Å². The number of benzene rings is 1. The van der Waals surface area contributed by atoms with Crippen molar-refractivity contribution < 1.29 is 4.39 Å². The van der Waals surface area contributed by atoms with Crippen molar-refractivity contribution in [1.82, 2.24) is 19.6 Å². The van der Waals surface area contributed by atoms with E-state index in [4.69, 9.17) is 4.98 Å². The van der Waals surface area contributed by atoms with Gasteiger partial charge in [-0.15, -0.1) is 0 Å². The first-order valence-corrected chi connectivity index (χ1v) is 9.82.